The summed E-state index contributed by atoms with van der Waals surface area (Å²) < 4.78 is 88.7. The average molecular weight is 502 g/mol. The summed E-state index contributed by atoms with van der Waals surface area (Å²) in [5, 5.41) is 0. The Bertz CT molecular complexity index is 1300. The van der Waals surface area contributed by atoms with Gasteiger partial charge in [-0.15, -0.1) is 0 Å². The number of carbonyl (C=O) groups excluding carboxylic acids is 1. The van der Waals surface area contributed by atoms with E-state index in [0.717, 1.165) is 41.1 Å². The zero-order valence-electron chi connectivity index (χ0n) is 18.8. The molecule has 7 nitrogen and oxygen atoms in total. The number of hydrogen-bond donors (Lipinski definition) is 0. The number of ether oxygens (including phenoxy) is 1. The monoisotopic (exact) mass is 501 g/mol. The average Bonchev–Trinajstić information content (AvgIpc) is 3.14. The van der Waals surface area contributed by atoms with E-state index in [1.54, 1.807) is 20.8 Å². The van der Waals surface area contributed by atoms with Gasteiger partial charge in [-0.25, -0.2) is 17.6 Å². The maximum atomic E-state index is 14.0. The standard InChI is InChI=1S/C22H23F4N3O4S/c1-5-29(19(22(24,25)26)14-6-8-15(23)9-7-14)34(31,32)16-12-18-17(27-13-16)10-11-28(18)20(30)33-21(2,3)4/h6-13,19H,5H2,1-4H3/t19-/m1/s1. The Hall–Kier alpha value is -2.99. The Balaban J connectivity index is 2.11. The largest absolute Gasteiger partial charge is 0.443 e. The molecule has 1 atom stereocenters. The van der Waals surface area contributed by atoms with Crippen molar-refractivity contribution in [3.8, 4) is 0 Å². The second-order valence-electron chi connectivity index (χ2n) is 8.45. The molecular weight excluding hydrogens is 478 g/mol. The lowest BCUT2D eigenvalue weighted by Gasteiger charge is -2.31. The molecule has 0 spiro atoms. The van der Waals surface area contributed by atoms with Gasteiger partial charge in [-0.1, -0.05) is 19.1 Å². The van der Waals surface area contributed by atoms with Crippen LogP contribution in [0.5, 0.6) is 0 Å². The first-order valence-electron chi connectivity index (χ1n) is 10.2. The number of pyridine rings is 1. The molecule has 0 bridgehead atoms. The first kappa shape index (κ1) is 25.6. The van der Waals surface area contributed by atoms with E-state index in [0.29, 0.717) is 0 Å². The van der Waals surface area contributed by atoms with Crippen LogP contribution in [0.4, 0.5) is 22.4 Å². The summed E-state index contributed by atoms with van der Waals surface area (Å²) in [6, 6.07) is 3.40. The van der Waals surface area contributed by atoms with Crippen molar-refractivity contribution < 1.29 is 35.5 Å². The van der Waals surface area contributed by atoms with Crippen LogP contribution in [-0.2, 0) is 14.8 Å². The molecule has 184 valence electrons. The summed E-state index contributed by atoms with van der Waals surface area (Å²) in [5.41, 5.74) is -0.972. The molecule has 0 saturated heterocycles. The zero-order chi connectivity index (χ0) is 25.5. The highest BCUT2D eigenvalue weighted by Crippen LogP contribution is 2.40. The van der Waals surface area contributed by atoms with Crippen molar-refractivity contribution in [2.45, 2.75) is 50.4 Å². The van der Waals surface area contributed by atoms with Crippen molar-refractivity contribution in [3.05, 3.63) is 60.2 Å². The molecule has 12 heteroatoms. The smallest absolute Gasteiger partial charge is 0.419 e. The normalized spacial score (nSPS) is 13.9. The first-order chi connectivity index (χ1) is 15.6. The third kappa shape index (κ3) is 5.22. The van der Waals surface area contributed by atoms with Crippen LogP contribution in [0.25, 0.3) is 11.0 Å². The van der Waals surface area contributed by atoms with E-state index in [9.17, 15) is 30.8 Å². The summed E-state index contributed by atoms with van der Waals surface area (Å²) in [6.45, 7) is 5.67. The summed E-state index contributed by atoms with van der Waals surface area (Å²) in [5.74, 6) is -0.756. The maximum Gasteiger partial charge on any atom is 0.419 e. The highest BCUT2D eigenvalue weighted by molar-refractivity contribution is 7.89. The quantitative estimate of drug-likeness (QED) is 0.445. The molecule has 3 rings (SSSR count). The predicted octanol–water partition coefficient (Wildman–Crippen LogP) is 5.27. The third-order valence-electron chi connectivity index (χ3n) is 4.81. The number of carbonyl (C=O) groups is 1. The van der Waals surface area contributed by atoms with Gasteiger partial charge in [0.25, 0.3) is 0 Å². The molecule has 0 amide bonds. The SMILES string of the molecule is CCN([C@H](c1ccc(F)cc1)C(F)(F)F)S(=O)(=O)c1cnc2ccn(C(=O)OC(C)(C)C)c2c1. The number of benzene rings is 1. The number of aromatic nitrogens is 2. The minimum absolute atomic E-state index is 0.0525. The van der Waals surface area contributed by atoms with Gasteiger partial charge in [0.2, 0.25) is 10.0 Å². The molecule has 0 fully saturated rings. The van der Waals surface area contributed by atoms with Crippen molar-refractivity contribution in [1.29, 1.82) is 0 Å². The first-order valence-corrected chi connectivity index (χ1v) is 11.6. The molecular formula is C22H23F4N3O4S. The van der Waals surface area contributed by atoms with Crippen molar-refractivity contribution in [1.82, 2.24) is 13.9 Å². The van der Waals surface area contributed by atoms with E-state index in [2.05, 4.69) is 4.98 Å². The number of alkyl halides is 3. The highest BCUT2D eigenvalue weighted by atomic mass is 32.2. The third-order valence-corrected chi connectivity index (χ3v) is 6.71. The highest BCUT2D eigenvalue weighted by Gasteiger charge is 2.48. The fourth-order valence-electron chi connectivity index (χ4n) is 3.39. The summed E-state index contributed by atoms with van der Waals surface area (Å²) in [7, 11) is -4.75. The van der Waals surface area contributed by atoms with Gasteiger partial charge in [0.1, 0.15) is 22.4 Å². The molecule has 0 N–H and O–H groups in total. The number of halogens is 4. The predicted molar refractivity (Wildman–Crippen MR) is 116 cm³/mol. The Labute approximate surface area is 194 Å². The van der Waals surface area contributed by atoms with E-state index >= 15 is 0 Å². The minimum atomic E-state index is -4.99. The second-order valence-corrected chi connectivity index (χ2v) is 10.3. The lowest BCUT2D eigenvalue weighted by atomic mass is 10.1. The molecule has 0 aliphatic heterocycles. The van der Waals surface area contributed by atoms with Crippen molar-refractivity contribution in [3.63, 3.8) is 0 Å². The van der Waals surface area contributed by atoms with Gasteiger partial charge in [0, 0.05) is 18.9 Å². The fourth-order valence-corrected chi connectivity index (χ4v) is 4.97. The van der Waals surface area contributed by atoms with E-state index < -0.39 is 56.8 Å². The molecule has 0 unspecified atom stereocenters. The van der Waals surface area contributed by atoms with Gasteiger partial charge in [-0.3, -0.25) is 9.55 Å². The van der Waals surface area contributed by atoms with Gasteiger partial charge in [0.05, 0.1) is 11.0 Å². The van der Waals surface area contributed by atoms with Gasteiger partial charge in [-0.2, -0.15) is 17.5 Å². The lowest BCUT2D eigenvalue weighted by molar-refractivity contribution is -0.173. The van der Waals surface area contributed by atoms with Gasteiger partial charge in [-0.05, 0) is 50.6 Å². The van der Waals surface area contributed by atoms with Crippen molar-refractivity contribution in [2.24, 2.45) is 0 Å². The molecule has 0 aliphatic rings. The maximum absolute atomic E-state index is 14.0. The van der Waals surface area contributed by atoms with Gasteiger partial charge < -0.3 is 4.74 Å². The number of hydrogen-bond acceptors (Lipinski definition) is 5. The molecule has 2 aromatic heterocycles. The number of nitrogens with zero attached hydrogens (tertiary/aromatic N) is 3. The summed E-state index contributed by atoms with van der Waals surface area (Å²) >= 11 is 0. The Morgan fingerprint density at radius 3 is 2.29 bits per heavy atom. The second kappa shape index (κ2) is 8.99. The van der Waals surface area contributed by atoms with Crippen LogP contribution in [0.1, 0.15) is 39.3 Å². The van der Waals surface area contributed by atoms with Crippen molar-refractivity contribution >= 4 is 27.1 Å². The zero-order valence-corrected chi connectivity index (χ0v) is 19.6. The Kier molecular flexibility index (Phi) is 6.78. The number of fused-ring (bicyclic) bond motifs is 1. The van der Waals surface area contributed by atoms with Crippen LogP contribution >= 0.6 is 0 Å². The summed E-state index contributed by atoms with van der Waals surface area (Å²) in [4.78, 5) is 16.0. The van der Waals surface area contributed by atoms with Gasteiger partial charge >= 0.3 is 12.3 Å². The molecule has 0 aliphatic carbocycles. The topological polar surface area (TPSA) is 81.5 Å². The van der Waals surface area contributed by atoms with Crippen LogP contribution < -0.4 is 0 Å². The Morgan fingerprint density at radius 2 is 1.76 bits per heavy atom. The molecule has 0 saturated carbocycles. The van der Waals surface area contributed by atoms with Crippen molar-refractivity contribution in [2.75, 3.05) is 6.54 Å². The molecule has 34 heavy (non-hydrogen) atoms. The number of sulfonamides is 1. The van der Waals surface area contributed by atoms with Crippen LogP contribution in [0.2, 0.25) is 0 Å². The van der Waals surface area contributed by atoms with E-state index in [1.807, 2.05) is 0 Å². The van der Waals surface area contributed by atoms with E-state index in [4.69, 9.17) is 4.74 Å². The molecule has 0 radical (unpaired) electrons. The van der Waals surface area contributed by atoms with Crippen LogP contribution in [0.15, 0.2) is 53.7 Å². The van der Waals surface area contributed by atoms with E-state index in [-0.39, 0.29) is 15.3 Å². The summed E-state index contributed by atoms with van der Waals surface area (Å²) in [6.07, 6.45) is -3.53. The fraction of sp³-hybridized carbons (Fsp3) is 0.364. The molecule has 3 aromatic rings. The number of rotatable bonds is 5. The van der Waals surface area contributed by atoms with Gasteiger partial charge in [0.15, 0.2) is 0 Å². The minimum Gasteiger partial charge on any atom is -0.443 e. The van der Waals surface area contributed by atoms with Crippen LogP contribution in [0, 0.1) is 5.82 Å². The van der Waals surface area contributed by atoms with E-state index in [1.165, 1.54) is 19.2 Å². The molecule has 1 aromatic carbocycles. The van der Waals surface area contributed by atoms with Crippen LogP contribution in [0.3, 0.4) is 0 Å². The molecule has 2 heterocycles. The Morgan fingerprint density at radius 1 is 1.15 bits per heavy atom. The van der Waals surface area contributed by atoms with Crippen LogP contribution in [-0.4, -0.2) is 46.7 Å². The lowest BCUT2D eigenvalue weighted by Crippen LogP contribution is -2.42.